The summed E-state index contributed by atoms with van der Waals surface area (Å²) in [6.45, 7) is 9.41. The largest absolute Gasteiger partial charge is 0.325 e. The number of pyridine rings is 1. The van der Waals surface area contributed by atoms with E-state index in [-0.39, 0.29) is 0 Å². The Kier molecular flexibility index (Phi) is 7.02. The Balaban J connectivity index is 1.29. The fourth-order valence-electron chi connectivity index (χ4n) is 4.20. The fourth-order valence-corrected chi connectivity index (χ4v) is 4.20. The number of rotatable bonds is 7. The monoisotopic (exact) mass is 466 g/mol. The molecule has 1 saturated heterocycles. The van der Waals surface area contributed by atoms with Crippen LogP contribution in [0.1, 0.15) is 28.2 Å². The van der Waals surface area contributed by atoms with Crippen molar-refractivity contribution >= 4 is 11.6 Å². The molecule has 0 bridgehead atoms. The van der Waals surface area contributed by atoms with Gasteiger partial charge < -0.3 is 10.6 Å². The highest BCUT2D eigenvalue weighted by atomic mass is 15.2. The van der Waals surface area contributed by atoms with Crippen LogP contribution >= 0.6 is 0 Å². The Hall–Kier alpha value is -3.75. The molecule has 8 nitrogen and oxygen atoms in total. The summed E-state index contributed by atoms with van der Waals surface area (Å²) in [6, 6.07) is 16.2. The van der Waals surface area contributed by atoms with E-state index in [1.54, 1.807) is 12.4 Å². The van der Waals surface area contributed by atoms with Crippen LogP contribution in [0.15, 0.2) is 60.9 Å². The van der Waals surface area contributed by atoms with E-state index in [2.05, 4.69) is 60.6 Å². The zero-order chi connectivity index (χ0) is 24.0. The highest BCUT2D eigenvalue weighted by Crippen LogP contribution is 2.19. The molecule has 0 atom stereocenters. The van der Waals surface area contributed by atoms with Crippen molar-refractivity contribution in [3.8, 4) is 11.5 Å². The second-order valence-corrected chi connectivity index (χ2v) is 8.88. The zero-order valence-electron chi connectivity index (χ0n) is 20.2. The molecule has 0 saturated carbocycles. The summed E-state index contributed by atoms with van der Waals surface area (Å²) in [4.78, 5) is 25.2. The molecule has 0 spiro atoms. The molecule has 1 fully saturated rings. The van der Waals surface area contributed by atoms with Crippen LogP contribution in [0.4, 0.5) is 11.6 Å². The molecule has 1 aliphatic heterocycles. The van der Waals surface area contributed by atoms with Gasteiger partial charge in [0.2, 0.25) is 0 Å². The van der Waals surface area contributed by atoms with E-state index in [0.29, 0.717) is 23.9 Å². The van der Waals surface area contributed by atoms with Gasteiger partial charge in [-0.1, -0.05) is 24.3 Å². The van der Waals surface area contributed by atoms with Gasteiger partial charge in [0.05, 0.1) is 0 Å². The van der Waals surface area contributed by atoms with Crippen LogP contribution in [-0.2, 0) is 13.0 Å². The van der Waals surface area contributed by atoms with Crippen LogP contribution in [-0.4, -0.2) is 56.0 Å². The predicted octanol–water partition coefficient (Wildman–Crippen LogP) is 3.69. The van der Waals surface area contributed by atoms with E-state index in [1.807, 2.05) is 37.3 Å². The van der Waals surface area contributed by atoms with E-state index < -0.39 is 0 Å². The minimum atomic E-state index is 0.574. The molecule has 1 aromatic carbocycles. The van der Waals surface area contributed by atoms with Gasteiger partial charge in [-0.05, 0) is 54.8 Å². The first kappa shape index (κ1) is 23.0. The Morgan fingerprint density at radius 2 is 1.69 bits per heavy atom. The molecule has 8 heteroatoms. The molecular formula is C27H30N8. The number of benzene rings is 1. The lowest BCUT2D eigenvalue weighted by atomic mass is 10.0. The minimum absolute atomic E-state index is 0.574. The molecule has 2 N–H and O–H groups in total. The second-order valence-electron chi connectivity index (χ2n) is 8.88. The molecule has 0 unspecified atom stereocenters. The molecule has 4 aromatic rings. The van der Waals surface area contributed by atoms with Crippen LogP contribution in [0.5, 0.6) is 0 Å². The van der Waals surface area contributed by atoms with Gasteiger partial charge in [-0.15, -0.1) is 0 Å². The zero-order valence-corrected chi connectivity index (χ0v) is 20.2. The van der Waals surface area contributed by atoms with E-state index in [1.165, 1.54) is 16.7 Å². The van der Waals surface area contributed by atoms with Crippen LogP contribution in [0.2, 0.25) is 0 Å². The molecule has 35 heavy (non-hydrogen) atoms. The van der Waals surface area contributed by atoms with E-state index in [9.17, 15) is 0 Å². The summed E-state index contributed by atoms with van der Waals surface area (Å²) in [6.07, 6.45) is 4.18. The molecule has 1 aliphatic rings. The third kappa shape index (κ3) is 6.03. The number of nitrogens with one attached hydrogen (secondary N) is 2. The number of hydrogen-bond donors (Lipinski definition) is 2. The third-order valence-electron chi connectivity index (χ3n) is 6.11. The highest BCUT2D eigenvalue weighted by Gasteiger charge is 2.12. The molecule has 3 aromatic heterocycles. The van der Waals surface area contributed by atoms with Gasteiger partial charge in [-0.3, -0.25) is 4.90 Å². The summed E-state index contributed by atoms with van der Waals surface area (Å²) < 4.78 is 0. The average molecular weight is 467 g/mol. The summed E-state index contributed by atoms with van der Waals surface area (Å²) in [5.74, 6) is 2.70. The molecule has 0 aliphatic carbocycles. The molecular weight excluding hydrogens is 436 g/mol. The number of piperazine rings is 1. The average Bonchev–Trinajstić information content (AvgIpc) is 2.87. The van der Waals surface area contributed by atoms with Crippen molar-refractivity contribution in [3.05, 3.63) is 89.1 Å². The fraction of sp³-hybridized carbons (Fsp3) is 0.296. The van der Waals surface area contributed by atoms with Gasteiger partial charge in [0, 0.05) is 57.2 Å². The normalized spacial score (nSPS) is 14.1. The first-order valence-electron chi connectivity index (χ1n) is 12.0. The number of aryl methyl sites for hydroxylation is 2. The van der Waals surface area contributed by atoms with Gasteiger partial charge in [0.1, 0.15) is 23.2 Å². The number of anilines is 2. The summed E-state index contributed by atoms with van der Waals surface area (Å²) in [5.41, 5.74) is 5.58. The van der Waals surface area contributed by atoms with Crippen LogP contribution < -0.4 is 10.6 Å². The van der Waals surface area contributed by atoms with Gasteiger partial charge in [-0.2, -0.15) is 0 Å². The summed E-state index contributed by atoms with van der Waals surface area (Å²) in [5, 5.41) is 6.71. The van der Waals surface area contributed by atoms with E-state index in [0.717, 1.165) is 49.9 Å². The van der Waals surface area contributed by atoms with Crippen molar-refractivity contribution in [1.82, 2.24) is 35.1 Å². The maximum Gasteiger partial charge on any atom is 0.180 e. The van der Waals surface area contributed by atoms with Crippen LogP contribution in [0.3, 0.4) is 0 Å². The van der Waals surface area contributed by atoms with Crippen LogP contribution in [0, 0.1) is 13.8 Å². The molecule has 4 heterocycles. The highest BCUT2D eigenvalue weighted by molar-refractivity contribution is 5.56. The number of hydrogen-bond acceptors (Lipinski definition) is 8. The predicted molar refractivity (Wildman–Crippen MR) is 137 cm³/mol. The van der Waals surface area contributed by atoms with Gasteiger partial charge in [0.25, 0.3) is 0 Å². The molecule has 0 amide bonds. The van der Waals surface area contributed by atoms with Crippen molar-refractivity contribution < 1.29 is 0 Å². The third-order valence-corrected chi connectivity index (χ3v) is 6.11. The number of aromatic nitrogens is 5. The van der Waals surface area contributed by atoms with E-state index in [4.69, 9.17) is 4.98 Å². The Labute approximate surface area is 205 Å². The van der Waals surface area contributed by atoms with Crippen molar-refractivity contribution in [3.63, 3.8) is 0 Å². The summed E-state index contributed by atoms with van der Waals surface area (Å²) >= 11 is 0. The molecule has 178 valence electrons. The molecule has 5 rings (SSSR count). The lowest BCUT2D eigenvalue weighted by Crippen LogP contribution is -2.43. The minimum Gasteiger partial charge on any atom is -0.325 e. The smallest absolute Gasteiger partial charge is 0.180 e. The van der Waals surface area contributed by atoms with Crippen molar-refractivity contribution in [1.29, 1.82) is 0 Å². The Morgan fingerprint density at radius 1 is 0.886 bits per heavy atom. The summed E-state index contributed by atoms with van der Waals surface area (Å²) in [7, 11) is 0. The molecule has 0 radical (unpaired) electrons. The van der Waals surface area contributed by atoms with Crippen molar-refractivity contribution in [2.24, 2.45) is 0 Å². The standard InChI is InChI=1S/C27H30N8/c1-19-6-7-21(16-22(19)18-35-14-12-28-13-15-35)17-26-29-10-8-24(33-26)32-25-9-11-30-27(34-25)23-5-3-4-20(2)31-23/h3-11,16,28H,12-15,17-18H2,1-2H3,(H,29,30,32,33,34). The Morgan fingerprint density at radius 3 is 2.51 bits per heavy atom. The second kappa shape index (κ2) is 10.7. The van der Waals surface area contributed by atoms with Crippen molar-refractivity contribution in [2.75, 3.05) is 31.5 Å². The number of nitrogens with zero attached hydrogens (tertiary/aromatic N) is 6. The van der Waals surface area contributed by atoms with Gasteiger partial charge in [-0.25, -0.2) is 24.9 Å². The quantitative estimate of drug-likeness (QED) is 0.426. The maximum atomic E-state index is 4.73. The van der Waals surface area contributed by atoms with Crippen molar-refractivity contribution in [2.45, 2.75) is 26.8 Å². The first-order chi connectivity index (χ1) is 17.1. The first-order valence-corrected chi connectivity index (χ1v) is 12.0. The topological polar surface area (TPSA) is 91.8 Å². The van der Waals surface area contributed by atoms with Gasteiger partial charge in [0.15, 0.2) is 5.82 Å². The van der Waals surface area contributed by atoms with Crippen LogP contribution in [0.25, 0.3) is 11.5 Å². The Bertz CT molecular complexity index is 1300. The maximum absolute atomic E-state index is 4.73. The van der Waals surface area contributed by atoms with E-state index >= 15 is 0 Å². The lowest BCUT2D eigenvalue weighted by Gasteiger charge is -2.28. The lowest BCUT2D eigenvalue weighted by molar-refractivity contribution is 0.233. The van der Waals surface area contributed by atoms with Gasteiger partial charge >= 0.3 is 0 Å². The SMILES string of the molecule is Cc1cccc(-c2nccc(Nc3ccnc(Cc4ccc(C)c(CN5CCNCC5)c4)n3)n2)n1.